The molecule has 0 aliphatic carbocycles. The minimum Gasteiger partial charge on any atom is -0.480 e. The van der Waals surface area contributed by atoms with Gasteiger partial charge in [-0.05, 0) is 13.3 Å². The van der Waals surface area contributed by atoms with E-state index in [1.807, 2.05) is 0 Å². The Hall–Kier alpha value is -1.81. The molecule has 2 atom stereocenters. The molecule has 10 heteroatoms. The maximum absolute atomic E-state index is 12.0. The molecule has 0 aliphatic heterocycles. The molecule has 0 aliphatic rings. The molecular weight excluding hydrogens is 314 g/mol. The van der Waals surface area contributed by atoms with Crippen molar-refractivity contribution in [2.75, 3.05) is 19.4 Å². The maximum atomic E-state index is 12.0. The van der Waals surface area contributed by atoms with Crippen molar-refractivity contribution in [3.63, 3.8) is 0 Å². The Morgan fingerprint density at radius 1 is 1.36 bits per heavy atom. The van der Waals surface area contributed by atoms with Gasteiger partial charge < -0.3 is 20.9 Å². The first-order chi connectivity index (χ1) is 10.2. The number of rotatable bonds is 8. The van der Waals surface area contributed by atoms with Gasteiger partial charge in [0.1, 0.15) is 12.1 Å². The van der Waals surface area contributed by atoms with E-state index in [1.54, 1.807) is 6.92 Å². The van der Waals surface area contributed by atoms with Crippen molar-refractivity contribution >= 4 is 36.5 Å². The third-order valence-corrected chi connectivity index (χ3v) is 3.05. The third-order valence-electron chi connectivity index (χ3n) is 2.69. The van der Waals surface area contributed by atoms with Crippen LogP contribution in [0.1, 0.15) is 19.8 Å². The van der Waals surface area contributed by atoms with Gasteiger partial charge in [0.15, 0.2) is 0 Å². The quantitative estimate of drug-likeness (QED) is 0.426. The molecule has 0 fully saturated rings. The van der Waals surface area contributed by atoms with Gasteiger partial charge in [0.2, 0.25) is 5.91 Å². The van der Waals surface area contributed by atoms with Crippen LogP contribution in [0.5, 0.6) is 0 Å². The summed E-state index contributed by atoms with van der Waals surface area (Å²) in [5.74, 6) is -2.47. The SMILES string of the molecule is CCOC(=O)N(C)C(=O)C(CS)NC(=O)CCC(N)C(=O)O. The summed E-state index contributed by atoms with van der Waals surface area (Å²) in [6.45, 7) is 1.71. The summed E-state index contributed by atoms with van der Waals surface area (Å²) in [6.07, 6.45) is -1.06. The highest BCUT2D eigenvalue weighted by Gasteiger charge is 2.27. The smallest absolute Gasteiger partial charge is 0.416 e. The van der Waals surface area contributed by atoms with E-state index in [-0.39, 0.29) is 25.2 Å². The summed E-state index contributed by atoms with van der Waals surface area (Å²) in [5, 5.41) is 11.0. The molecule has 0 saturated carbocycles. The predicted octanol–water partition coefficient (Wildman–Crippen LogP) is -0.792. The standard InChI is InChI=1S/C12H21N3O6S/c1-3-21-12(20)15(2)10(17)8(6-22)14-9(16)5-4-7(13)11(18)19/h7-8,22H,3-6,13H2,1-2H3,(H,14,16)(H,18,19). The van der Waals surface area contributed by atoms with Gasteiger partial charge in [0, 0.05) is 19.2 Å². The zero-order valence-electron chi connectivity index (χ0n) is 12.4. The predicted molar refractivity (Wildman–Crippen MR) is 80.4 cm³/mol. The molecule has 0 aromatic rings. The average Bonchev–Trinajstić information content (AvgIpc) is 2.48. The highest BCUT2D eigenvalue weighted by Crippen LogP contribution is 2.01. The van der Waals surface area contributed by atoms with Gasteiger partial charge in [-0.15, -0.1) is 0 Å². The Morgan fingerprint density at radius 2 is 1.95 bits per heavy atom. The highest BCUT2D eigenvalue weighted by atomic mass is 32.1. The molecule has 0 rings (SSSR count). The van der Waals surface area contributed by atoms with Crippen molar-refractivity contribution in [2.24, 2.45) is 5.73 Å². The summed E-state index contributed by atoms with van der Waals surface area (Å²) >= 11 is 3.95. The van der Waals surface area contributed by atoms with Gasteiger partial charge in [0.25, 0.3) is 5.91 Å². The van der Waals surface area contributed by atoms with Crippen LogP contribution in [0.4, 0.5) is 4.79 Å². The van der Waals surface area contributed by atoms with Gasteiger partial charge in [0.05, 0.1) is 6.61 Å². The number of nitrogens with zero attached hydrogens (tertiary/aromatic N) is 1. The van der Waals surface area contributed by atoms with Crippen LogP contribution in [0.3, 0.4) is 0 Å². The second-order valence-corrected chi connectivity index (χ2v) is 4.75. The molecule has 3 amide bonds. The lowest BCUT2D eigenvalue weighted by molar-refractivity contribution is -0.139. The molecular formula is C12H21N3O6S. The molecule has 126 valence electrons. The van der Waals surface area contributed by atoms with Crippen LogP contribution in [-0.4, -0.2) is 65.4 Å². The molecule has 22 heavy (non-hydrogen) atoms. The second-order valence-electron chi connectivity index (χ2n) is 4.38. The molecule has 0 aromatic heterocycles. The number of carboxylic acid groups (broad SMARTS) is 1. The van der Waals surface area contributed by atoms with Crippen LogP contribution in [0.2, 0.25) is 0 Å². The molecule has 2 unspecified atom stereocenters. The van der Waals surface area contributed by atoms with Gasteiger partial charge in [-0.25, -0.2) is 9.69 Å². The number of carbonyl (C=O) groups excluding carboxylic acids is 3. The first kappa shape index (κ1) is 20.2. The number of likely N-dealkylation sites (N-methyl/N-ethyl adjacent to an activating group) is 1. The fourth-order valence-corrected chi connectivity index (χ4v) is 1.65. The van der Waals surface area contributed by atoms with Crippen LogP contribution in [0, 0.1) is 0 Å². The zero-order chi connectivity index (χ0) is 17.3. The average molecular weight is 335 g/mol. The Labute approximate surface area is 133 Å². The van der Waals surface area contributed by atoms with E-state index in [1.165, 1.54) is 7.05 Å². The summed E-state index contributed by atoms with van der Waals surface area (Å²) in [5.41, 5.74) is 5.28. The van der Waals surface area contributed by atoms with Crippen molar-refractivity contribution in [1.82, 2.24) is 10.2 Å². The van der Waals surface area contributed by atoms with Gasteiger partial charge >= 0.3 is 12.1 Å². The lowest BCUT2D eigenvalue weighted by Crippen LogP contribution is -2.50. The van der Waals surface area contributed by atoms with E-state index >= 15 is 0 Å². The van der Waals surface area contributed by atoms with E-state index in [0.717, 1.165) is 4.90 Å². The van der Waals surface area contributed by atoms with Crippen molar-refractivity contribution in [3.05, 3.63) is 0 Å². The number of thiol groups is 1. The zero-order valence-corrected chi connectivity index (χ0v) is 13.3. The number of amides is 3. The molecule has 9 nitrogen and oxygen atoms in total. The van der Waals surface area contributed by atoms with Crippen LogP contribution in [-0.2, 0) is 19.1 Å². The van der Waals surface area contributed by atoms with Crippen LogP contribution < -0.4 is 11.1 Å². The number of nitrogens with two attached hydrogens (primary N) is 1. The lowest BCUT2D eigenvalue weighted by Gasteiger charge is -2.21. The molecule has 0 spiro atoms. The fourth-order valence-electron chi connectivity index (χ4n) is 1.41. The molecule has 0 aromatic carbocycles. The summed E-state index contributed by atoms with van der Waals surface area (Å²) in [4.78, 5) is 46.4. The number of carboxylic acids is 1. The number of ether oxygens (including phenoxy) is 1. The van der Waals surface area contributed by atoms with Crippen molar-refractivity contribution < 1.29 is 29.0 Å². The maximum Gasteiger partial charge on any atom is 0.416 e. The number of nitrogens with one attached hydrogen (secondary N) is 1. The van der Waals surface area contributed by atoms with Gasteiger partial charge in [-0.2, -0.15) is 12.6 Å². The Kier molecular flexibility index (Phi) is 9.18. The molecule has 0 bridgehead atoms. The summed E-state index contributed by atoms with van der Waals surface area (Å²) in [6, 6.07) is -2.18. The number of carbonyl (C=O) groups is 4. The third kappa shape index (κ3) is 6.76. The first-order valence-electron chi connectivity index (χ1n) is 6.57. The Balaban J connectivity index is 4.51. The minimum atomic E-state index is -1.21. The van der Waals surface area contributed by atoms with Crippen molar-refractivity contribution in [3.8, 4) is 0 Å². The second kappa shape index (κ2) is 10.0. The van der Waals surface area contributed by atoms with E-state index in [9.17, 15) is 19.2 Å². The van der Waals surface area contributed by atoms with E-state index < -0.39 is 36.0 Å². The fraction of sp³-hybridized carbons (Fsp3) is 0.667. The number of aliphatic carboxylic acids is 1. The number of hydrogen-bond donors (Lipinski definition) is 4. The molecule has 4 N–H and O–H groups in total. The molecule has 0 saturated heterocycles. The van der Waals surface area contributed by atoms with Gasteiger partial charge in [-0.3, -0.25) is 14.4 Å². The summed E-state index contributed by atoms with van der Waals surface area (Å²) < 4.78 is 4.68. The van der Waals surface area contributed by atoms with Crippen LogP contribution in [0.15, 0.2) is 0 Å². The van der Waals surface area contributed by atoms with E-state index in [4.69, 9.17) is 10.8 Å². The van der Waals surface area contributed by atoms with Crippen molar-refractivity contribution in [2.45, 2.75) is 31.8 Å². The highest BCUT2D eigenvalue weighted by molar-refractivity contribution is 7.80. The molecule has 0 radical (unpaired) electrons. The van der Waals surface area contributed by atoms with Crippen LogP contribution in [0.25, 0.3) is 0 Å². The topological polar surface area (TPSA) is 139 Å². The Bertz CT molecular complexity index is 431. The van der Waals surface area contributed by atoms with E-state index in [0.29, 0.717) is 0 Å². The van der Waals surface area contributed by atoms with Crippen molar-refractivity contribution in [1.29, 1.82) is 0 Å². The molecule has 0 heterocycles. The van der Waals surface area contributed by atoms with Crippen LogP contribution >= 0.6 is 12.6 Å². The monoisotopic (exact) mass is 335 g/mol. The minimum absolute atomic E-state index is 0.0285. The lowest BCUT2D eigenvalue weighted by atomic mass is 10.1. The Morgan fingerprint density at radius 3 is 2.41 bits per heavy atom. The normalized spacial score (nSPS) is 12.9. The number of hydrogen-bond acceptors (Lipinski definition) is 7. The summed E-state index contributed by atoms with van der Waals surface area (Å²) in [7, 11) is 1.23. The number of imide groups is 1. The first-order valence-corrected chi connectivity index (χ1v) is 7.20. The van der Waals surface area contributed by atoms with Gasteiger partial charge in [-0.1, -0.05) is 0 Å². The largest absolute Gasteiger partial charge is 0.480 e. The van der Waals surface area contributed by atoms with E-state index in [2.05, 4.69) is 22.7 Å².